The number of nitrogens with zero attached hydrogens (tertiary/aromatic N) is 1. The van der Waals surface area contributed by atoms with E-state index in [1.807, 2.05) is 0 Å². The van der Waals surface area contributed by atoms with Gasteiger partial charge in [0.2, 0.25) is 5.91 Å². The van der Waals surface area contributed by atoms with Crippen LogP contribution in [-0.2, 0) is 4.79 Å². The number of anilines is 2. The lowest BCUT2D eigenvalue weighted by Crippen LogP contribution is -2.36. The van der Waals surface area contributed by atoms with Crippen molar-refractivity contribution < 1.29 is 4.79 Å². The lowest BCUT2D eigenvalue weighted by atomic mass is 10.1. The fourth-order valence-electron chi connectivity index (χ4n) is 3.47. The van der Waals surface area contributed by atoms with Crippen LogP contribution in [0.3, 0.4) is 0 Å². The molecule has 4 nitrogen and oxygen atoms in total. The van der Waals surface area contributed by atoms with Crippen molar-refractivity contribution in [2.24, 2.45) is 0 Å². The van der Waals surface area contributed by atoms with Crippen LogP contribution in [0.25, 0.3) is 0 Å². The summed E-state index contributed by atoms with van der Waals surface area (Å²) in [7, 11) is 0. The summed E-state index contributed by atoms with van der Waals surface area (Å²) in [6, 6.07) is 8.86. The number of piperidine rings is 1. The minimum atomic E-state index is 0.104. The van der Waals surface area contributed by atoms with Gasteiger partial charge in [0.1, 0.15) is 0 Å². The van der Waals surface area contributed by atoms with E-state index in [4.69, 9.17) is 0 Å². The normalized spacial score (nSPS) is 19.2. The van der Waals surface area contributed by atoms with Gasteiger partial charge >= 0.3 is 0 Å². The van der Waals surface area contributed by atoms with Crippen molar-refractivity contribution >= 4 is 17.3 Å². The predicted molar refractivity (Wildman–Crippen MR) is 91.4 cm³/mol. The topological polar surface area (TPSA) is 44.4 Å². The highest BCUT2D eigenvalue weighted by atomic mass is 16.1. The molecule has 3 rings (SSSR count). The van der Waals surface area contributed by atoms with Gasteiger partial charge in [-0.3, -0.25) is 4.79 Å². The van der Waals surface area contributed by atoms with Crippen LogP contribution in [0, 0.1) is 0 Å². The molecule has 0 atom stereocenters. The maximum Gasteiger partial charge on any atom is 0.239 e. The number of amides is 1. The Morgan fingerprint density at radius 3 is 2.36 bits per heavy atom. The minimum absolute atomic E-state index is 0.104. The van der Waals surface area contributed by atoms with Gasteiger partial charge in [-0.2, -0.15) is 0 Å². The first kappa shape index (κ1) is 15.2. The average Bonchev–Trinajstić information content (AvgIpc) is 3.07. The molecule has 1 amide bonds. The SMILES string of the molecule is O=C(CNc1ccc(N2CCCCC2)cc1)NC1CCCC1. The molecular formula is C18H27N3O. The molecule has 1 aromatic rings. The Hall–Kier alpha value is -1.71. The lowest BCUT2D eigenvalue weighted by Gasteiger charge is -2.28. The molecule has 1 saturated heterocycles. The second-order valence-electron chi connectivity index (χ2n) is 6.50. The third-order valence-corrected chi connectivity index (χ3v) is 4.76. The quantitative estimate of drug-likeness (QED) is 0.878. The Balaban J connectivity index is 1.45. The molecular weight excluding hydrogens is 274 g/mol. The molecule has 2 fully saturated rings. The van der Waals surface area contributed by atoms with E-state index in [9.17, 15) is 4.79 Å². The zero-order chi connectivity index (χ0) is 15.2. The molecule has 0 radical (unpaired) electrons. The van der Waals surface area contributed by atoms with Crippen LogP contribution >= 0.6 is 0 Å². The van der Waals surface area contributed by atoms with Gasteiger partial charge < -0.3 is 15.5 Å². The molecule has 0 aromatic heterocycles. The first-order valence-corrected chi connectivity index (χ1v) is 8.69. The van der Waals surface area contributed by atoms with E-state index in [1.165, 1.54) is 37.8 Å². The van der Waals surface area contributed by atoms with Crippen LogP contribution < -0.4 is 15.5 Å². The van der Waals surface area contributed by atoms with E-state index in [2.05, 4.69) is 39.8 Å². The van der Waals surface area contributed by atoms with Crippen molar-refractivity contribution in [3.63, 3.8) is 0 Å². The molecule has 120 valence electrons. The Morgan fingerprint density at radius 2 is 1.68 bits per heavy atom. The predicted octanol–water partition coefficient (Wildman–Crippen LogP) is 3.15. The highest BCUT2D eigenvalue weighted by molar-refractivity contribution is 5.81. The monoisotopic (exact) mass is 301 g/mol. The van der Waals surface area contributed by atoms with Crippen LogP contribution in [0.4, 0.5) is 11.4 Å². The van der Waals surface area contributed by atoms with Gasteiger partial charge in [-0.15, -0.1) is 0 Å². The summed E-state index contributed by atoms with van der Waals surface area (Å²) >= 11 is 0. The fourth-order valence-corrected chi connectivity index (χ4v) is 3.47. The summed E-state index contributed by atoms with van der Waals surface area (Å²) in [4.78, 5) is 14.3. The standard InChI is InChI=1S/C18H27N3O/c22-18(20-16-6-2-3-7-16)14-19-15-8-10-17(11-9-15)21-12-4-1-5-13-21/h8-11,16,19H,1-7,12-14H2,(H,20,22). The van der Waals surface area contributed by atoms with Crippen molar-refractivity contribution in [2.75, 3.05) is 29.9 Å². The van der Waals surface area contributed by atoms with Gasteiger partial charge in [-0.1, -0.05) is 12.8 Å². The van der Waals surface area contributed by atoms with E-state index >= 15 is 0 Å². The molecule has 0 spiro atoms. The van der Waals surface area contributed by atoms with Crippen LogP contribution in [0.1, 0.15) is 44.9 Å². The van der Waals surface area contributed by atoms with E-state index < -0.39 is 0 Å². The van der Waals surface area contributed by atoms with Gasteiger partial charge in [-0.05, 0) is 56.4 Å². The molecule has 0 bridgehead atoms. The van der Waals surface area contributed by atoms with Crippen molar-refractivity contribution in [3.05, 3.63) is 24.3 Å². The summed E-state index contributed by atoms with van der Waals surface area (Å²) in [5, 5.41) is 6.32. The van der Waals surface area contributed by atoms with Crippen molar-refractivity contribution in [2.45, 2.75) is 51.0 Å². The summed E-state index contributed by atoms with van der Waals surface area (Å²) in [6.07, 6.45) is 8.70. The number of carbonyl (C=O) groups is 1. The minimum Gasteiger partial charge on any atom is -0.376 e. The molecule has 4 heteroatoms. The van der Waals surface area contributed by atoms with E-state index in [0.29, 0.717) is 12.6 Å². The number of benzene rings is 1. The van der Waals surface area contributed by atoms with Crippen LogP contribution in [0.5, 0.6) is 0 Å². The number of hydrogen-bond donors (Lipinski definition) is 2. The maximum absolute atomic E-state index is 11.9. The first-order valence-electron chi connectivity index (χ1n) is 8.69. The third kappa shape index (κ3) is 4.15. The molecule has 1 saturated carbocycles. The molecule has 1 aliphatic heterocycles. The molecule has 2 N–H and O–H groups in total. The largest absolute Gasteiger partial charge is 0.376 e. The molecule has 1 heterocycles. The van der Waals surface area contributed by atoms with Crippen LogP contribution in [0.2, 0.25) is 0 Å². The van der Waals surface area contributed by atoms with E-state index in [1.54, 1.807) is 0 Å². The summed E-state index contributed by atoms with van der Waals surface area (Å²) in [5.74, 6) is 0.104. The smallest absolute Gasteiger partial charge is 0.239 e. The highest BCUT2D eigenvalue weighted by Gasteiger charge is 2.16. The molecule has 0 unspecified atom stereocenters. The van der Waals surface area contributed by atoms with Gasteiger partial charge in [0, 0.05) is 30.5 Å². The Kier molecular flexibility index (Phi) is 5.20. The molecule has 1 aliphatic carbocycles. The molecule has 1 aromatic carbocycles. The molecule has 22 heavy (non-hydrogen) atoms. The summed E-state index contributed by atoms with van der Waals surface area (Å²) in [5.41, 5.74) is 2.31. The number of carbonyl (C=O) groups excluding carboxylic acids is 1. The van der Waals surface area contributed by atoms with Crippen LogP contribution in [0.15, 0.2) is 24.3 Å². The summed E-state index contributed by atoms with van der Waals surface area (Å²) in [6.45, 7) is 2.69. The Bertz CT molecular complexity index is 474. The van der Waals surface area contributed by atoms with Gasteiger partial charge in [0.05, 0.1) is 6.54 Å². The van der Waals surface area contributed by atoms with Gasteiger partial charge in [0.15, 0.2) is 0 Å². The Labute approximate surface area is 133 Å². The third-order valence-electron chi connectivity index (χ3n) is 4.76. The second-order valence-corrected chi connectivity index (χ2v) is 6.50. The molecule has 2 aliphatic rings. The van der Waals surface area contributed by atoms with Crippen molar-refractivity contribution in [3.8, 4) is 0 Å². The van der Waals surface area contributed by atoms with Gasteiger partial charge in [0.25, 0.3) is 0 Å². The fraction of sp³-hybridized carbons (Fsp3) is 0.611. The van der Waals surface area contributed by atoms with Gasteiger partial charge in [-0.25, -0.2) is 0 Å². The van der Waals surface area contributed by atoms with Crippen LogP contribution in [-0.4, -0.2) is 31.6 Å². The number of hydrogen-bond acceptors (Lipinski definition) is 3. The van der Waals surface area contributed by atoms with Crippen molar-refractivity contribution in [1.29, 1.82) is 0 Å². The average molecular weight is 301 g/mol. The highest BCUT2D eigenvalue weighted by Crippen LogP contribution is 2.21. The van der Waals surface area contributed by atoms with E-state index in [0.717, 1.165) is 31.6 Å². The lowest BCUT2D eigenvalue weighted by molar-refractivity contribution is -0.120. The number of nitrogens with one attached hydrogen (secondary N) is 2. The Morgan fingerprint density at radius 1 is 1.00 bits per heavy atom. The number of rotatable bonds is 5. The first-order chi connectivity index (χ1) is 10.8. The zero-order valence-electron chi connectivity index (χ0n) is 13.3. The van der Waals surface area contributed by atoms with E-state index in [-0.39, 0.29) is 5.91 Å². The van der Waals surface area contributed by atoms with Crippen molar-refractivity contribution in [1.82, 2.24) is 5.32 Å². The second kappa shape index (κ2) is 7.52. The maximum atomic E-state index is 11.9. The zero-order valence-corrected chi connectivity index (χ0v) is 13.3. The summed E-state index contributed by atoms with van der Waals surface area (Å²) < 4.78 is 0.